The summed E-state index contributed by atoms with van der Waals surface area (Å²) in [6, 6.07) is 12.3. The van der Waals surface area contributed by atoms with E-state index < -0.39 is 6.10 Å². The maximum atomic E-state index is 10.0. The molecule has 2 aromatic rings. The molecule has 0 fully saturated rings. The van der Waals surface area contributed by atoms with E-state index in [-0.39, 0.29) is 0 Å². The molecule has 2 rings (SSSR count). The molecule has 2 N–H and O–H groups in total. The number of aliphatic hydroxyl groups excluding tert-OH is 1. The summed E-state index contributed by atoms with van der Waals surface area (Å²) in [6.07, 6.45) is -0.449. The molecular formula is C14H17NO. The molecule has 0 aromatic heterocycles. The first kappa shape index (κ1) is 11.1. The van der Waals surface area contributed by atoms with Crippen molar-refractivity contribution in [1.82, 2.24) is 5.32 Å². The maximum Gasteiger partial charge on any atom is 0.0920 e. The summed E-state index contributed by atoms with van der Waals surface area (Å²) in [5.74, 6) is 0. The lowest BCUT2D eigenvalue weighted by atomic mass is 9.97. The number of hydrogen-bond donors (Lipinski definition) is 2. The highest BCUT2D eigenvalue weighted by atomic mass is 16.3. The van der Waals surface area contributed by atoms with Gasteiger partial charge in [0.1, 0.15) is 0 Å². The molecule has 0 spiro atoms. The molecule has 0 aliphatic rings. The Balaban J connectivity index is 2.58. The van der Waals surface area contributed by atoms with Crippen LogP contribution < -0.4 is 5.32 Å². The third kappa shape index (κ3) is 1.94. The molecule has 0 bridgehead atoms. The lowest BCUT2D eigenvalue weighted by Gasteiger charge is -2.14. The van der Waals surface area contributed by atoms with Crippen LogP contribution in [-0.2, 0) is 0 Å². The summed E-state index contributed by atoms with van der Waals surface area (Å²) in [4.78, 5) is 0. The molecule has 84 valence electrons. The largest absolute Gasteiger partial charge is 0.387 e. The van der Waals surface area contributed by atoms with Crippen LogP contribution in [0.1, 0.15) is 17.2 Å². The molecule has 1 atom stereocenters. The van der Waals surface area contributed by atoms with Crippen molar-refractivity contribution < 1.29 is 5.11 Å². The molecule has 2 aromatic carbocycles. The fourth-order valence-electron chi connectivity index (χ4n) is 2.07. The molecule has 0 saturated heterocycles. The van der Waals surface area contributed by atoms with Gasteiger partial charge in [-0.05, 0) is 35.9 Å². The Labute approximate surface area is 95.9 Å². The first-order chi connectivity index (χ1) is 7.74. The van der Waals surface area contributed by atoms with Gasteiger partial charge in [-0.1, -0.05) is 36.4 Å². The van der Waals surface area contributed by atoms with Crippen LogP contribution >= 0.6 is 0 Å². The second kappa shape index (κ2) is 4.64. The highest BCUT2D eigenvalue weighted by Gasteiger charge is 2.10. The molecule has 0 aliphatic heterocycles. The van der Waals surface area contributed by atoms with E-state index in [2.05, 4.69) is 30.4 Å². The quantitative estimate of drug-likeness (QED) is 0.824. The van der Waals surface area contributed by atoms with E-state index in [0.29, 0.717) is 6.54 Å². The molecule has 0 amide bonds. The van der Waals surface area contributed by atoms with Gasteiger partial charge in [0.15, 0.2) is 0 Å². The van der Waals surface area contributed by atoms with Crippen LogP contribution in [-0.4, -0.2) is 18.7 Å². The van der Waals surface area contributed by atoms with Gasteiger partial charge in [-0.15, -0.1) is 0 Å². The zero-order valence-corrected chi connectivity index (χ0v) is 9.70. The fraction of sp³-hybridized carbons (Fsp3) is 0.286. The van der Waals surface area contributed by atoms with Gasteiger partial charge in [0.25, 0.3) is 0 Å². The number of fused-ring (bicyclic) bond motifs is 1. The van der Waals surface area contributed by atoms with E-state index in [0.717, 1.165) is 10.9 Å². The van der Waals surface area contributed by atoms with E-state index in [4.69, 9.17) is 0 Å². The summed E-state index contributed by atoms with van der Waals surface area (Å²) in [5, 5.41) is 15.4. The predicted molar refractivity (Wildman–Crippen MR) is 67.6 cm³/mol. The summed E-state index contributed by atoms with van der Waals surface area (Å²) in [6.45, 7) is 2.67. The van der Waals surface area contributed by atoms with Gasteiger partial charge in [-0.3, -0.25) is 0 Å². The van der Waals surface area contributed by atoms with Crippen molar-refractivity contribution in [2.45, 2.75) is 13.0 Å². The second-order valence-electron chi connectivity index (χ2n) is 4.09. The van der Waals surface area contributed by atoms with Crippen molar-refractivity contribution in [2.24, 2.45) is 0 Å². The van der Waals surface area contributed by atoms with E-state index in [1.54, 1.807) is 0 Å². The minimum absolute atomic E-state index is 0.449. The average molecular weight is 215 g/mol. The minimum Gasteiger partial charge on any atom is -0.387 e. The van der Waals surface area contributed by atoms with E-state index in [1.807, 2.05) is 25.2 Å². The minimum atomic E-state index is -0.449. The topological polar surface area (TPSA) is 32.3 Å². The number of aliphatic hydroxyl groups is 1. The summed E-state index contributed by atoms with van der Waals surface area (Å²) in [7, 11) is 1.85. The molecule has 2 heteroatoms. The summed E-state index contributed by atoms with van der Waals surface area (Å²) < 4.78 is 0. The zero-order valence-electron chi connectivity index (χ0n) is 9.70. The SMILES string of the molecule is CNCC(O)c1ccc(C)c2ccccc12. The van der Waals surface area contributed by atoms with Crippen molar-refractivity contribution in [3.05, 3.63) is 47.5 Å². The monoisotopic (exact) mass is 215 g/mol. The van der Waals surface area contributed by atoms with Gasteiger partial charge in [-0.2, -0.15) is 0 Å². The third-order valence-corrected chi connectivity index (χ3v) is 2.93. The number of benzene rings is 2. The Morgan fingerprint density at radius 2 is 1.81 bits per heavy atom. The van der Waals surface area contributed by atoms with Crippen LogP contribution in [0.2, 0.25) is 0 Å². The van der Waals surface area contributed by atoms with E-state index in [1.165, 1.54) is 10.9 Å². The van der Waals surface area contributed by atoms with Crippen LogP contribution in [0.15, 0.2) is 36.4 Å². The molecular weight excluding hydrogens is 198 g/mol. The lowest BCUT2D eigenvalue weighted by Crippen LogP contribution is -2.16. The van der Waals surface area contributed by atoms with Crippen LogP contribution in [0.5, 0.6) is 0 Å². The number of likely N-dealkylation sites (N-methyl/N-ethyl adjacent to an activating group) is 1. The highest BCUT2D eigenvalue weighted by molar-refractivity contribution is 5.88. The molecule has 0 saturated carbocycles. The number of hydrogen-bond acceptors (Lipinski definition) is 2. The Kier molecular flexibility index (Phi) is 3.22. The van der Waals surface area contributed by atoms with Gasteiger partial charge in [-0.25, -0.2) is 0 Å². The zero-order chi connectivity index (χ0) is 11.5. The molecule has 2 nitrogen and oxygen atoms in total. The summed E-state index contributed by atoms with van der Waals surface area (Å²) in [5.41, 5.74) is 2.24. The fourth-order valence-corrected chi connectivity index (χ4v) is 2.07. The Hall–Kier alpha value is -1.38. The lowest BCUT2D eigenvalue weighted by molar-refractivity contribution is 0.179. The highest BCUT2D eigenvalue weighted by Crippen LogP contribution is 2.26. The standard InChI is InChI=1S/C14H17NO/c1-10-7-8-13(14(16)9-15-2)12-6-4-3-5-11(10)12/h3-8,14-16H,9H2,1-2H3. The van der Waals surface area contributed by atoms with Crippen molar-refractivity contribution in [3.8, 4) is 0 Å². The smallest absolute Gasteiger partial charge is 0.0920 e. The molecule has 0 aliphatic carbocycles. The average Bonchev–Trinajstić information content (AvgIpc) is 2.30. The normalized spacial score (nSPS) is 12.9. The van der Waals surface area contributed by atoms with Crippen LogP contribution in [0.3, 0.4) is 0 Å². The predicted octanol–water partition coefficient (Wildman–Crippen LogP) is 2.40. The molecule has 1 unspecified atom stereocenters. The first-order valence-corrected chi connectivity index (χ1v) is 5.55. The van der Waals surface area contributed by atoms with Crippen LogP contribution in [0, 0.1) is 6.92 Å². The third-order valence-electron chi connectivity index (χ3n) is 2.93. The van der Waals surface area contributed by atoms with E-state index in [9.17, 15) is 5.11 Å². The Morgan fingerprint density at radius 3 is 2.50 bits per heavy atom. The molecule has 0 heterocycles. The Morgan fingerprint density at radius 1 is 1.12 bits per heavy atom. The first-order valence-electron chi connectivity index (χ1n) is 5.55. The van der Waals surface area contributed by atoms with Crippen LogP contribution in [0.4, 0.5) is 0 Å². The van der Waals surface area contributed by atoms with Crippen LogP contribution in [0.25, 0.3) is 10.8 Å². The van der Waals surface area contributed by atoms with Crippen molar-refractivity contribution in [2.75, 3.05) is 13.6 Å². The van der Waals surface area contributed by atoms with Gasteiger partial charge in [0, 0.05) is 6.54 Å². The van der Waals surface area contributed by atoms with Gasteiger partial charge >= 0.3 is 0 Å². The van der Waals surface area contributed by atoms with Crippen molar-refractivity contribution >= 4 is 10.8 Å². The van der Waals surface area contributed by atoms with Gasteiger partial charge in [0.05, 0.1) is 6.10 Å². The number of nitrogens with one attached hydrogen (secondary N) is 1. The van der Waals surface area contributed by atoms with Crippen molar-refractivity contribution in [1.29, 1.82) is 0 Å². The summed E-state index contributed by atoms with van der Waals surface area (Å²) >= 11 is 0. The van der Waals surface area contributed by atoms with Gasteiger partial charge < -0.3 is 10.4 Å². The molecule has 0 radical (unpaired) electrons. The maximum absolute atomic E-state index is 10.0. The molecule has 16 heavy (non-hydrogen) atoms. The van der Waals surface area contributed by atoms with Crippen molar-refractivity contribution in [3.63, 3.8) is 0 Å². The van der Waals surface area contributed by atoms with Gasteiger partial charge in [0.2, 0.25) is 0 Å². The van der Waals surface area contributed by atoms with E-state index >= 15 is 0 Å². The number of aryl methyl sites for hydroxylation is 1. The number of rotatable bonds is 3. The second-order valence-corrected chi connectivity index (χ2v) is 4.09. The Bertz CT molecular complexity index is 493.